The van der Waals surface area contributed by atoms with Gasteiger partial charge in [0.05, 0.1) is 0 Å². The maximum Gasteiger partial charge on any atom is 0.319 e. The fourth-order valence-electron chi connectivity index (χ4n) is 1.72. The van der Waals surface area contributed by atoms with Gasteiger partial charge in [0.1, 0.15) is 11.5 Å². The van der Waals surface area contributed by atoms with Crippen LogP contribution in [0.25, 0.3) is 22.6 Å². The van der Waals surface area contributed by atoms with Gasteiger partial charge in [0.25, 0.3) is 0 Å². The average molecular weight is 256 g/mol. The average Bonchev–Trinajstić information content (AvgIpc) is 2.86. The number of halogens is 1. The van der Waals surface area contributed by atoms with Crippen LogP contribution in [0.4, 0.5) is 10.4 Å². The van der Waals surface area contributed by atoms with E-state index >= 15 is 0 Å². The standard InChI is InChI=1S/C13H9FN4O/c14-10-4-2-1-3-9(10)8-5-6-11(16-7-8)12-17-13(15)19-18-12/h1-7H,(H2,15,17,18). The van der Waals surface area contributed by atoms with E-state index in [4.69, 9.17) is 5.73 Å². The van der Waals surface area contributed by atoms with E-state index in [0.29, 0.717) is 22.6 Å². The minimum absolute atomic E-state index is 0.0185. The maximum absolute atomic E-state index is 13.6. The van der Waals surface area contributed by atoms with Crippen molar-refractivity contribution in [3.05, 3.63) is 48.4 Å². The fraction of sp³-hybridized carbons (Fsp3) is 0. The number of hydrogen-bond acceptors (Lipinski definition) is 5. The fourth-order valence-corrected chi connectivity index (χ4v) is 1.72. The molecule has 2 heterocycles. The molecule has 1 aromatic carbocycles. The van der Waals surface area contributed by atoms with Gasteiger partial charge >= 0.3 is 6.01 Å². The highest BCUT2D eigenvalue weighted by Crippen LogP contribution is 2.23. The topological polar surface area (TPSA) is 77.8 Å². The van der Waals surface area contributed by atoms with Crippen LogP contribution in [0.1, 0.15) is 0 Å². The lowest BCUT2D eigenvalue weighted by atomic mass is 10.1. The summed E-state index contributed by atoms with van der Waals surface area (Å²) in [6.07, 6.45) is 1.56. The van der Waals surface area contributed by atoms with Gasteiger partial charge < -0.3 is 10.3 Å². The van der Waals surface area contributed by atoms with Gasteiger partial charge in [-0.05, 0) is 12.1 Å². The molecule has 5 nitrogen and oxygen atoms in total. The Morgan fingerprint density at radius 2 is 1.95 bits per heavy atom. The van der Waals surface area contributed by atoms with Crippen LogP contribution in [0.3, 0.4) is 0 Å². The van der Waals surface area contributed by atoms with Gasteiger partial charge in [-0.2, -0.15) is 4.98 Å². The molecule has 0 amide bonds. The van der Waals surface area contributed by atoms with E-state index in [9.17, 15) is 4.39 Å². The number of nitrogen functional groups attached to an aromatic ring is 1. The van der Waals surface area contributed by atoms with Crippen molar-refractivity contribution in [2.75, 3.05) is 5.73 Å². The van der Waals surface area contributed by atoms with Crippen molar-refractivity contribution in [1.82, 2.24) is 15.1 Å². The molecule has 0 saturated heterocycles. The molecule has 0 radical (unpaired) electrons. The molecule has 0 unspecified atom stereocenters. The zero-order valence-corrected chi connectivity index (χ0v) is 9.75. The Bertz CT molecular complexity index is 709. The van der Waals surface area contributed by atoms with Crippen molar-refractivity contribution in [2.24, 2.45) is 0 Å². The van der Waals surface area contributed by atoms with E-state index in [1.165, 1.54) is 6.07 Å². The Labute approximate surface area is 107 Å². The van der Waals surface area contributed by atoms with E-state index in [2.05, 4.69) is 19.6 Å². The van der Waals surface area contributed by atoms with Crippen LogP contribution < -0.4 is 5.73 Å². The van der Waals surface area contributed by atoms with Crippen LogP contribution in [-0.2, 0) is 0 Å². The van der Waals surface area contributed by atoms with E-state index < -0.39 is 0 Å². The Morgan fingerprint density at radius 1 is 1.11 bits per heavy atom. The summed E-state index contributed by atoms with van der Waals surface area (Å²) >= 11 is 0. The summed E-state index contributed by atoms with van der Waals surface area (Å²) in [7, 11) is 0. The van der Waals surface area contributed by atoms with Crippen molar-refractivity contribution < 1.29 is 8.91 Å². The predicted octanol–water partition coefficient (Wildman–Crippen LogP) is 2.52. The van der Waals surface area contributed by atoms with Gasteiger partial charge in [0.15, 0.2) is 0 Å². The third-order valence-electron chi connectivity index (χ3n) is 2.62. The molecule has 2 aromatic heterocycles. The first-order valence-electron chi connectivity index (χ1n) is 5.54. The number of nitrogens with zero attached hydrogens (tertiary/aromatic N) is 3. The van der Waals surface area contributed by atoms with Gasteiger partial charge in [-0.1, -0.05) is 29.4 Å². The van der Waals surface area contributed by atoms with Gasteiger partial charge in [-0.25, -0.2) is 4.39 Å². The molecule has 0 fully saturated rings. The number of rotatable bonds is 2. The highest BCUT2D eigenvalue weighted by molar-refractivity contribution is 5.65. The van der Waals surface area contributed by atoms with Crippen LogP contribution in [0.15, 0.2) is 47.1 Å². The predicted molar refractivity (Wildman–Crippen MR) is 67.3 cm³/mol. The van der Waals surface area contributed by atoms with Crippen molar-refractivity contribution >= 4 is 6.01 Å². The largest absolute Gasteiger partial charge is 0.351 e. The van der Waals surface area contributed by atoms with E-state index in [1.807, 2.05) is 0 Å². The number of benzene rings is 1. The van der Waals surface area contributed by atoms with Crippen LogP contribution in [-0.4, -0.2) is 15.1 Å². The molecule has 94 valence electrons. The third-order valence-corrected chi connectivity index (χ3v) is 2.62. The molecule has 0 spiro atoms. The summed E-state index contributed by atoms with van der Waals surface area (Å²) in [4.78, 5) is 8.04. The molecule has 19 heavy (non-hydrogen) atoms. The first kappa shape index (κ1) is 11.3. The minimum Gasteiger partial charge on any atom is -0.351 e. The van der Waals surface area contributed by atoms with Crippen molar-refractivity contribution in [2.45, 2.75) is 0 Å². The van der Waals surface area contributed by atoms with Crippen molar-refractivity contribution in [3.63, 3.8) is 0 Å². The van der Waals surface area contributed by atoms with E-state index in [0.717, 1.165) is 0 Å². The highest BCUT2D eigenvalue weighted by Gasteiger charge is 2.09. The number of anilines is 1. The minimum atomic E-state index is -0.291. The van der Waals surface area contributed by atoms with Crippen LogP contribution in [0.2, 0.25) is 0 Å². The zero-order chi connectivity index (χ0) is 13.2. The summed E-state index contributed by atoms with van der Waals surface area (Å²) in [6, 6.07) is 9.92. The lowest BCUT2D eigenvalue weighted by molar-refractivity contribution is 0.436. The Balaban J connectivity index is 1.97. The number of aromatic nitrogens is 3. The van der Waals surface area contributed by atoms with Gasteiger partial charge in [0, 0.05) is 17.3 Å². The first-order valence-corrected chi connectivity index (χ1v) is 5.54. The Morgan fingerprint density at radius 3 is 2.58 bits per heavy atom. The molecule has 0 aliphatic carbocycles. The molecule has 0 saturated carbocycles. The maximum atomic E-state index is 13.6. The number of hydrogen-bond donors (Lipinski definition) is 1. The lowest BCUT2D eigenvalue weighted by Crippen LogP contribution is -1.89. The molecular formula is C13H9FN4O. The molecule has 0 aliphatic heterocycles. The summed E-state index contributed by atoms with van der Waals surface area (Å²) in [5, 5.41) is 3.66. The van der Waals surface area contributed by atoms with Crippen LogP contribution >= 0.6 is 0 Å². The quantitative estimate of drug-likeness (QED) is 0.762. The molecular weight excluding hydrogens is 247 g/mol. The Hall–Kier alpha value is -2.76. The molecule has 0 atom stereocenters. The van der Waals surface area contributed by atoms with Crippen molar-refractivity contribution in [3.8, 4) is 22.6 Å². The Kier molecular flexibility index (Phi) is 2.68. The molecule has 6 heteroatoms. The van der Waals surface area contributed by atoms with E-state index in [-0.39, 0.29) is 11.8 Å². The molecule has 3 rings (SSSR count). The van der Waals surface area contributed by atoms with Gasteiger partial charge in [-0.3, -0.25) is 4.98 Å². The number of pyridine rings is 1. The summed E-state index contributed by atoms with van der Waals surface area (Å²) in [5.74, 6) is 0.0124. The van der Waals surface area contributed by atoms with Crippen LogP contribution in [0.5, 0.6) is 0 Å². The molecule has 0 aliphatic rings. The molecule has 3 aromatic rings. The molecule has 0 bridgehead atoms. The summed E-state index contributed by atoms with van der Waals surface area (Å²) in [6.45, 7) is 0. The van der Waals surface area contributed by atoms with Gasteiger partial charge in [-0.15, -0.1) is 0 Å². The normalized spacial score (nSPS) is 10.6. The van der Waals surface area contributed by atoms with E-state index in [1.54, 1.807) is 36.5 Å². The van der Waals surface area contributed by atoms with Gasteiger partial charge in [0.2, 0.25) is 5.82 Å². The van der Waals surface area contributed by atoms with Crippen LogP contribution in [0, 0.1) is 5.82 Å². The second-order valence-corrected chi connectivity index (χ2v) is 3.87. The van der Waals surface area contributed by atoms with Crippen molar-refractivity contribution in [1.29, 1.82) is 0 Å². The third kappa shape index (κ3) is 2.15. The number of nitrogens with two attached hydrogens (primary N) is 1. The lowest BCUT2D eigenvalue weighted by Gasteiger charge is -2.02. The summed E-state index contributed by atoms with van der Waals surface area (Å²) < 4.78 is 18.3. The highest BCUT2D eigenvalue weighted by atomic mass is 19.1. The smallest absolute Gasteiger partial charge is 0.319 e. The SMILES string of the molecule is Nc1nc(-c2ccc(-c3ccccc3F)cn2)no1. The monoisotopic (exact) mass is 256 g/mol. The summed E-state index contributed by atoms with van der Waals surface area (Å²) in [5.41, 5.74) is 7.03. The molecule has 2 N–H and O–H groups in total. The first-order chi connectivity index (χ1) is 9.24. The zero-order valence-electron chi connectivity index (χ0n) is 9.75. The second-order valence-electron chi connectivity index (χ2n) is 3.87. The second kappa shape index (κ2) is 4.49.